The Kier molecular flexibility index (Phi) is 5.57. The SMILES string of the molecule is Cc1c(C(=O)O[C@H](C)C(=O)NCC2CCCCC2)cnn1C. The second-order valence-electron chi connectivity index (χ2n) is 6.06. The topological polar surface area (TPSA) is 73.2 Å². The Bertz CT molecular complexity index is 533. The molecule has 1 atom stereocenters. The van der Waals surface area contributed by atoms with Crippen molar-refractivity contribution in [3.05, 3.63) is 17.5 Å². The van der Waals surface area contributed by atoms with Crippen molar-refractivity contribution in [2.75, 3.05) is 6.54 Å². The number of aryl methyl sites for hydroxylation is 1. The maximum absolute atomic E-state index is 12.0. The summed E-state index contributed by atoms with van der Waals surface area (Å²) in [5, 5.41) is 6.89. The summed E-state index contributed by atoms with van der Waals surface area (Å²) in [7, 11) is 1.76. The molecule has 1 heterocycles. The number of nitrogens with one attached hydrogen (secondary N) is 1. The normalized spacial score (nSPS) is 17.0. The number of amides is 1. The predicted octanol–water partition coefficient (Wildman–Crippen LogP) is 1.97. The van der Waals surface area contributed by atoms with Crippen molar-refractivity contribution in [1.29, 1.82) is 0 Å². The minimum atomic E-state index is -0.796. The molecule has 1 aliphatic carbocycles. The van der Waals surface area contributed by atoms with Crippen molar-refractivity contribution < 1.29 is 14.3 Å². The van der Waals surface area contributed by atoms with Crippen LogP contribution in [0.4, 0.5) is 0 Å². The predicted molar refractivity (Wildman–Crippen MR) is 82.4 cm³/mol. The first-order chi connectivity index (χ1) is 10.5. The molecule has 6 nitrogen and oxygen atoms in total. The Morgan fingerprint density at radius 1 is 1.41 bits per heavy atom. The smallest absolute Gasteiger partial charge is 0.342 e. The number of carbonyl (C=O) groups is 2. The number of hydrogen-bond acceptors (Lipinski definition) is 4. The second kappa shape index (κ2) is 7.42. The molecule has 0 aliphatic heterocycles. The summed E-state index contributed by atoms with van der Waals surface area (Å²) in [5.41, 5.74) is 1.12. The molecule has 0 unspecified atom stereocenters. The molecule has 1 N–H and O–H groups in total. The van der Waals surface area contributed by atoms with Crippen molar-refractivity contribution in [3.63, 3.8) is 0 Å². The van der Waals surface area contributed by atoms with Crippen LogP contribution in [-0.2, 0) is 16.6 Å². The van der Waals surface area contributed by atoms with Crippen LogP contribution >= 0.6 is 0 Å². The second-order valence-corrected chi connectivity index (χ2v) is 6.06. The van der Waals surface area contributed by atoms with Gasteiger partial charge in [0.1, 0.15) is 5.56 Å². The van der Waals surface area contributed by atoms with Gasteiger partial charge in [0.25, 0.3) is 5.91 Å². The van der Waals surface area contributed by atoms with E-state index in [0.29, 0.717) is 18.0 Å². The van der Waals surface area contributed by atoms with Crippen LogP contribution in [0.3, 0.4) is 0 Å². The van der Waals surface area contributed by atoms with Crippen molar-refractivity contribution in [2.24, 2.45) is 13.0 Å². The lowest BCUT2D eigenvalue weighted by Gasteiger charge is -2.22. The van der Waals surface area contributed by atoms with Crippen molar-refractivity contribution >= 4 is 11.9 Å². The Morgan fingerprint density at radius 2 is 2.09 bits per heavy atom. The average molecular weight is 307 g/mol. The lowest BCUT2D eigenvalue weighted by atomic mass is 9.89. The summed E-state index contributed by atoms with van der Waals surface area (Å²) in [6.07, 6.45) is 6.78. The van der Waals surface area contributed by atoms with Gasteiger partial charge in [-0.15, -0.1) is 0 Å². The first-order valence-electron chi connectivity index (χ1n) is 7.96. The van der Waals surface area contributed by atoms with Gasteiger partial charge in [-0.05, 0) is 32.6 Å². The molecular weight excluding hydrogens is 282 g/mol. The van der Waals surface area contributed by atoms with Gasteiger partial charge in [0.2, 0.25) is 0 Å². The summed E-state index contributed by atoms with van der Waals surface area (Å²) >= 11 is 0. The molecule has 1 fully saturated rings. The molecule has 122 valence electrons. The number of nitrogens with zero attached hydrogens (tertiary/aromatic N) is 2. The molecule has 0 saturated heterocycles. The molecular formula is C16H25N3O3. The molecule has 1 aromatic heterocycles. The van der Waals surface area contributed by atoms with Gasteiger partial charge < -0.3 is 10.1 Å². The van der Waals surface area contributed by atoms with Gasteiger partial charge in [0, 0.05) is 19.3 Å². The largest absolute Gasteiger partial charge is 0.449 e. The fraction of sp³-hybridized carbons (Fsp3) is 0.688. The lowest BCUT2D eigenvalue weighted by Crippen LogP contribution is -2.38. The number of aromatic nitrogens is 2. The zero-order chi connectivity index (χ0) is 16.1. The maximum atomic E-state index is 12.0. The quantitative estimate of drug-likeness (QED) is 0.844. The molecule has 0 spiro atoms. The highest BCUT2D eigenvalue weighted by Crippen LogP contribution is 2.22. The Balaban J connectivity index is 1.80. The molecule has 22 heavy (non-hydrogen) atoms. The van der Waals surface area contributed by atoms with Crippen LogP contribution in [0.25, 0.3) is 0 Å². The van der Waals surface area contributed by atoms with Gasteiger partial charge in [-0.25, -0.2) is 4.79 Å². The lowest BCUT2D eigenvalue weighted by molar-refractivity contribution is -0.129. The van der Waals surface area contributed by atoms with Crippen LogP contribution in [0.15, 0.2) is 6.20 Å². The number of rotatable bonds is 5. The van der Waals surface area contributed by atoms with Gasteiger partial charge >= 0.3 is 5.97 Å². The molecule has 0 aromatic carbocycles. The molecule has 1 amide bonds. The van der Waals surface area contributed by atoms with E-state index in [-0.39, 0.29) is 5.91 Å². The molecule has 1 aromatic rings. The monoisotopic (exact) mass is 307 g/mol. The number of hydrogen-bond donors (Lipinski definition) is 1. The van der Waals surface area contributed by atoms with E-state index in [0.717, 1.165) is 5.69 Å². The molecule has 1 aliphatic rings. The Hall–Kier alpha value is -1.85. The standard InChI is InChI=1S/C16H25N3O3/c1-11-14(10-18-19(11)3)16(21)22-12(2)15(20)17-9-13-7-5-4-6-8-13/h10,12-13H,4-9H2,1-3H3,(H,17,20)/t12-/m1/s1. The van der Waals surface area contributed by atoms with Crippen molar-refractivity contribution in [3.8, 4) is 0 Å². The fourth-order valence-corrected chi connectivity index (χ4v) is 2.76. The van der Waals surface area contributed by atoms with E-state index in [2.05, 4.69) is 10.4 Å². The van der Waals surface area contributed by atoms with E-state index >= 15 is 0 Å². The van der Waals surface area contributed by atoms with E-state index in [4.69, 9.17) is 4.74 Å². The van der Waals surface area contributed by atoms with Crippen molar-refractivity contribution in [1.82, 2.24) is 15.1 Å². The van der Waals surface area contributed by atoms with Crippen LogP contribution in [0.1, 0.15) is 55.1 Å². The van der Waals surface area contributed by atoms with Crippen LogP contribution in [0.5, 0.6) is 0 Å². The zero-order valence-corrected chi connectivity index (χ0v) is 13.6. The summed E-state index contributed by atoms with van der Waals surface area (Å²) in [4.78, 5) is 24.1. The van der Waals surface area contributed by atoms with E-state index in [1.54, 1.807) is 25.6 Å². The van der Waals surface area contributed by atoms with E-state index in [1.807, 2.05) is 0 Å². The summed E-state index contributed by atoms with van der Waals surface area (Å²) in [5.74, 6) is -0.187. The first kappa shape index (κ1) is 16.5. The van der Waals surface area contributed by atoms with Gasteiger partial charge in [-0.3, -0.25) is 9.48 Å². The minimum absolute atomic E-state index is 0.236. The van der Waals surface area contributed by atoms with E-state index in [1.165, 1.54) is 38.3 Å². The van der Waals surface area contributed by atoms with Crippen molar-refractivity contribution in [2.45, 2.75) is 52.1 Å². The third kappa shape index (κ3) is 4.08. The van der Waals surface area contributed by atoms with Gasteiger partial charge in [-0.1, -0.05) is 19.3 Å². The van der Waals surface area contributed by atoms with Gasteiger partial charge in [-0.2, -0.15) is 5.10 Å². The first-order valence-corrected chi connectivity index (χ1v) is 7.96. The van der Waals surface area contributed by atoms with Gasteiger partial charge in [0.15, 0.2) is 6.10 Å². The highest BCUT2D eigenvalue weighted by molar-refractivity contribution is 5.92. The Labute approximate surface area is 131 Å². The maximum Gasteiger partial charge on any atom is 0.342 e. The van der Waals surface area contributed by atoms with Crippen LogP contribution < -0.4 is 5.32 Å². The molecule has 6 heteroatoms. The minimum Gasteiger partial charge on any atom is -0.449 e. The van der Waals surface area contributed by atoms with Crippen LogP contribution in [0, 0.1) is 12.8 Å². The van der Waals surface area contributed by atoms with E-state index < -0.39 is 12.1 Å². The average Bonchev–Trinajstić information content (AvgIpc) is 2.85. The summed E-state index contributed by atoms with van der Waals surface area (Å²) < 4.78 is 6.83. The highest BCUT2D eigenvalue weighted by atomic mass is 16.5. The zero-order valence-electron chi connectivity index (χ0n) is 13.6. The summed E-state index contributed by atoms with van der Waals surface area (Å²) in [6, 6.07) is 0. The molecule has 1 saturated carbocycles. The number of ether oxygens (including phenoxy) is 1. The number of esters is 1. The Morgan fingerprint density at radius 3 is 2.68 bits per heavy atom. The van der Waals surface area contributed by atoms with E-state index in [9.17, 15) is 9.59 Å². The number of carbonyl (C=O) groups excluding carboxylic acids is 2. The van der Waals surface area contributed by atoms with Gasteiger partial charge in [0.05, 0.1) is 6.20 Å². The summed E-state index contributed by atoms with van der Waals surface area (Å²) in [6.45, 7) is 4.06. The highest BCUT2D eigenvalue weighted by Gasteiger charge is 2.22. The molecule has 0 radical (unpaired) electrons. The van der Waals surface area contributed by atoms with Crippen LogP contribution in [0.2, 0.25) is 0 Å². The fourth-order valence-electron chi connectivity index (χ4n) is 2.76. The molecule has 0 bridgehead atoms. The third-order valence-electron chi connectivity index (χ3n) is 4.40. The third-order valence-corrected chi connectivity index (χ3v) is 4.40. The van der Waals surface area contributed by atoms with Crippen LogP contribution in [-0.4, -0.2) is 34.3 Å². The molecule has 2 rings (SSSR count).